The summed E-state index contributed by atoms with van der Waals surface area (Å²) in [4.78, 5) is 4.44. The number of sulfone groups is 1. The lowest BCUT2D eigenvalue weighted by Crippen LogP contribution is -2.39. The average Bonchev–Trinajstić information content (AvgIpc) is 2.62. The Balaban J connectivity index is 2.91. The second-order valence-corrected chi connectivity index (χ2v) is 10.5. The molecule has 0 saturated carbocycles. The first-order valence-corrected chi connectivity index (χ1v) is 11.9. The van der Waals surface area contributed by atoms with Gasteiger partial charge in [-0.1, -0.05) is 6.07 Å². The highest BCUT2D eigenvalue weighted by Gasteiger charge is 2.28. The maximum atomic E-state index is 12.3. The summed E-state index contributed by atoms with van der Waals surface area (Å²) in [6, 6.07) is 5.79. The van der Waals surface area contributed by atoms with Gasteiger partial charge in [-0.2, -0.15) is 0 Å². The number of nitrogens with zero attached hydrogens (tertiary/aromatic N) is 1. The van der Waals surface area contributed by atoms with E-state index in [1.54, 1.807) is 20.8 Å². The molecule has 1 atom stereocenters. The monoisotopic (exact) mass is 427 g/mol. The molecule has 0 aromatic heterocycles. The van der Waals surface area contributed by atoms with Gasteiger partial charge < -0.3 is 20.1 Å². The van der Waals surface area contributed by atoms with Gasteiger partial charge in [-0.3, -0.25) is 4.99 Å². The van der Waals surface area contributed by atoms with Gasteiger partial charge in [0, 0.05) is 6.54 Å². The van der Waals surface area contributed by atoms with Gasteiger partial charge in [-0.05, 0) is 66.2 Å². The second-order valence-electron chi connectivity index (χ2n) is 7.63. The smallest absolute Gasteiger partial charge is 0.191 e. The average molecular weight is 428 g/mol. The van der Waals surface area contributed by atoms with E-state index in [-0.39, 0.29) is 18.3 Å². The van der Waals surface area contributed by atoms with E-state index >= 15 is 0 Å². The van der Waals surface area contributed by atoms with Crippen molar-refractivity contribution in [3.05, 3.63) is 23.8 Å². The Morgan fingerprint density at radius 2 is 1.72 bits per heavy atom. The third kappa shape index (κ3) is 7.76. The van der Waals surface area contributed by atoms with E-state index in [0.717, 1.165) is 11.3 Å². The molecule has 0 aliphatic carbocycles. The minimum absolute atomic E-state index is 0.0129. The van der Waals surface area contributed by atoms with Crippen LogP contribution in [0.25, 0.3) is 0 Å². The summed E-state index contributed by atoms with van der Waals surface area (Å²) in [7, 11) is -3.20. The lowest BCUT2D eigenvalue weighted by atomic mass is 10.1. The molecule has 1 aromatic carbocycles. The van der Waals surface area contributed by atoms with Crippen molar-refractivity contribution in [2.24, 2.45) is 4.99 Å². The number of ether oxygens (including phenoxy) is 2. The molecular weight excluding hydrogens is 390 g/mol. The van der Waals surface area contributed by atoms with Gasteiger partial charge in [0.05, 0.1) is 36.3 Å². The van der Waals surface area contributed by atoms with Crippen LogP contribution in [-0.4, -0.2) is 51.2 Å². The van der Waals surface area contributed by atoms with Gasteiger partial charge >= 0.3 is 0 Å². The van der Waals surface area contributed by atoms with Crippen LogP contribution in [0.3, 0.4) is 0 Å². The summed E-state index contributed by atoms with van der Waals surface area (Å²) in [5.41, 5.74) is 1.02. The number of aliphatic imine (C=N–C) groups is 1. The van der Waals surface area contributed by atoms with Crippen molar-refractivity contribution in [2.45, 2.75) is 59.3 Å². The first-order valence-electron chi connectivity index (χ1n) is 10.2. The van der Waals surface area contributed by atoms with E-state index in [1.165, 1.54) is 0 Å². The van der Waals surface area contributed by atoms with Crippen LogP contribution in [0.4, 0.5) is 0 Å². The van der Waals surface area contributed by atoms with Crippen LogP contribution in [0.2, 0.25) is 0 Å². The van der Waals surface area contributed by atoms with Gasteiger partial charge in [-0.25, -0.2) is 8.42 Å². The minimum Gasteiger partial charge on any atom is -0.490 e. The van der Waals surface area contributed by atoms with Gasteiger partial charge in [0.25, 0.3) is 0 Å². The van der Waals surface area contributed by atoms with Crippen LogP contribution in [0.1, 0.15) is 60.1 Å². The zero-order valence-corrected chi connectivity index (χ0v) is 19.6. The lowest BCUT2D eigenvalue weighted by molar-refractivity contribution is 0.287. The summed E-state index contributed by atoms with van der Waals surface area (Å²) >= 11 is 0. The fourth-order valence-electron chi connectivity index (χ4n) is 2.53. The molecule has 0 aliphatic rings. The van der Waals surface area contributed by atoms with Crippen molar-refractivity contribution in [1.29, 1.82) is 0 Å². The Morgan fingerprint density at radius 3 is 2.28 bits per heavy atom. The highest BCUT2D eigenvalue weighted by molar-refractivity contribution is 7.92. The van der Waals surface area contributed by atoms with Crippen LogP contribution in [0.15, 0.2) is 23.2 Å². The first-order chi connectivity index (χ1) is 13.6. The zero-order valence-electron chi connectivity index (χ0n) is 18.8. The number of guanidine groups is 1. The van der Waals surface area contributed by atoms with Crippen molar-refractivity contribution >= 4 is 15.8 Å². The summed E-state index contributed by atoms with van der Waals surface area (Å²) < 4.78 is 35.1. The molecule has 0 fully saturated rings. The molecule has 1 aromatic rings. The van der Waals surface area contributed by atoms with E-state index in [2.05, 4.69) is 15.6 Å². The molecule has 1 rings (SSSR count). The molecule has 8 heteroatoms. The van der Waals surface area contributed by atoms with E-state index in [1.807, 2.05) is 45.9 Å². The molecule has 0 aliphatic heterocycles. The molecule has 0 amide bonds. The van der Waals surface area contributed by atoms with E-state index < -0.39 is 14.6 Å². The van der Waals surface area contributed by atoms with E-state index in [0.29, 0.717) is 31.5 Å². The summed E-state index contributed by atoms with van der Waals surface area (Å²) in [6.07, 6.45) is 0. The molecule has 0 bridgehead atoms. The lowest BCUT2D eigenvalue weighted by Gasteiger charge is -2.21. The maximum absolute atomic E-state index is 12.3. The zero-order chi connectivity index (χ0) is 22.1. The Bertz CT molecular complexity index is 771. The first kappa shape index (κ1) is 25.1. The van der Waals surface area contributed by atoms with E-state index in [4.69, 9.17) is 9.47 Å². The quantitative estimate of drug-likeness (QED) is 0.440. The van der Waals surface area contributed by atoms with Gasteiger partial charge in [0.15, 0.2) is 27.3 Å². The molecule has 166 valence electrons. The molecule has 0 spiro atoms. The van der Waals surface area contributed by atoms with Gasteiger partial charge in [0.1, 0.15) is 0 Å². The van der Waals surface area contributed by atoms with Crippen molar-refractivity contribution in [3.8, 4) is 11.5 Å². The summed E-state index contributed by atoms with van der Waals surface area (Å²) in [5.74, 6) is 2.02. The molecule has 29 heavy (non-hydrogen) atoms. The molecule has 2 N–H and O–H groups in total. The molecule has 0 saturated heterocycles. The number of hydrogen-bond donors (Lipinski definition) is 2. The van der Waals surface area contributed by atoms with Crippen LogP contribution in [-0.2, 0) is 9.84 Å². The summed E-state index contributed by atoms with van der Waals surface area (Å²) in [6.45, 7) is 15.0. The molecular formula is C21H37N3O4S. The largest absolute Gasteiger partial charge is 0.490 e. The number of nitrogens with one attached hydrogen (secondary N) is 2. The predicted octanol–water partition coefficient (Wildman–Crippen LogP) is 3.31. The number of benzene rings is 1. The Hall–Kier alpha value is -1.96. The van der Waals surface area contributed by atoms with Gasteiger partial charge in [0.2, 0.25) is 0 Å². The minimum atomic E-state index is -3.20. The fourth-order valence-corrected chi connectivity index (χ4v) is 3.47. The van der Waals surface area contributed by atoms with Gasteiger partial charge in [-0.15, -0.1) is 0 Å². The molecule has 0 radical (unpaired) electrons. The Morgan fingerprint density at radius 1 is 1.10 bits per heavy atom. The van der Waals surface area contributed by atoms with E-state index in [9.17, 15) is 8.42 Å². The Labute approximate surface area is 176 Å². The number of rotatable bonds is 10. The Kier molecular flexibility index (Phi) is 9.76. The maximum Gasteiger partial charge on any atom is 0.191 e. The van der Waals surface area contributed by atoms with Crippen LogP contribution in [0, 0.1) is 0 Å². The molecule has 0 heterocycles. The molecule has 7 nitrogen and oxygen atoms in total. The highest BCUT2D eigenvalue weighted by Crippen LogP contribution is 2.30. The van der Waals surface area contributed by atoms with Crippen molar-refractivity contribution in [3.63, 3.8) is 0 Å². The predicted molar refractivity (Wildman–Crippen MR) is 120 cm³/mol. The topological polar surface area (TPSA) is 89.0 Å². The fraction of sp³-hybridized carbons (Fsp3) is 0.667. The van der Waals surface area contributed by atoms with Crippen LogP contribution < -0.4 is 20.1 Å². The normalized spacial score (nSPS) is 13.7. The third-order valence-corrected chi connectivity index (χ3v) is 6.91. The van der Waals surface area contributed by atoms with Crippen molar-refractivity contribution in [2.75, 3.05) is 32.1 Å². The molecule has 1 unspecified atom stereocenters. The van der Waals surface area contributed by atoms with Crippen LogP contribution >= 0.6 is 0 Å². The number of hydrogen-bond acceptors (Lipinski definition) is 5. The SMILES string of the molecule is CCNC(=NCCS(=O)(=O)C(C)(C)C)NC(C)c1ccc(OCC)c(OCC)c1. The standard InChI is InChI=1S/C21H37N3O4S/c1-8-22-20(23-13-14-29(25,26)21(5,6)7)24-16(4)17-11-12-18(27-9-2)19(15-17)28-10-3/h11-12,15-16H,8-10,13-14H2,1-7H3,(H2,22,23,24). The second kappa shape index (κ2) is 11.3. The summed E-state index contributed by atoms with van der Waals surface area (Å²) in [5, 5.41) is 6.50. The van der Waals surface area contributed by atoms with Crippen molar-refractivity contribution < 1.29 is 17.9 Å². The highest BCUT2D eigenvalue weighted by atomic mass is 32.2. The van der Waals surface area contributed by atoms with Crippen molar-refractivity contribution in [1.82, 2.24) is 10.6 Å². The third-order valence-electron chi connectivity index (χ3n) is 4.33. The van der Waals surface area contributed by atoms with Crippen LogP contribution in [0.5, 0.6) is 11.5 Å².